The highest BCUT2D eigenvalue weighted by Crippen LogP contribution is 2.67. The lowest BCUT2D eigenvalue weighted by molar-refractivity contribution is 0.754. The van der Waals surface area contributed by atoms with Gasteiger partial charge in [-0.15, -0.1) is 0 Å². The van der Waals surface area contributed by atoms with Crippen molar-refractivity contribution in [2.24, 2.45) is 0 Å². The van der Waals surface area contributed by atoms with Crippen molar-refractivity contribution in [3.63, 3.8) is 0 Å². The maximum Gasteiger partial charge on any atom is 0.0171 e. The Hall–Kier alpha value is -1.12. The van der Waals surface area contributed by atoms with Crippen LogP contribution in [0.5, 0.6) is 0 Å². The molecule has 0 radical (unpaired) electrons. The number of fused-ring (bicyclic) bond motifs is 10. The molecule has 4 bridgehead atoms. The minimum Gasteiger partial charge on any atom is -0.0620 e. The molecule has 0 unspecified atom stereocenters. The average molecular weight is 440 g/mol. The molecular weight excluding hydrogens is 424 g/mol. The van der Waals surface area contributed by atoms with Gasteiger partial charge in [0.05, 0.1) is 0 Å². The highest BCUT2D eigenvalue weighted by atomic mass is 79.9. The zero-order valence-electron chi connectivity index (χ0n) is 13.1. The van der Waals surface area contributed by atoms with E-state index in [9.17, 15) is 0 Å². The van der Waals surface area contributed by atoms with Crippen LogP contribution in [-0.4, -0.2) is 0 Å². The summed E-state index contributed by atoms with van der Waals surface area (Å²) in [5, 5.41) is 0. The summed E-state index contributed by atoms with van der Waals surface area (Å²) < 4.78 is 2.89. The van der Waals surface area contributed by atoms with Gasteiger partial charge in [0.2, 0.25) is 0 Å². The van der Waals surface area contributed by atoms with Gasteiger partial charge in [-0.25, -0.2) is 0 Å². The van der Waals surface area contributed by atoms with Crippen LogP contribution < -0.4 is 0 Å². The van der Waals surface area contributed by atoms with Gasteiger partial charge in [-0.3, -0.25) is 0 Å². The second kappa shape index (κ2) is 4.74. The number of benzene rings is 2. The van der Waals surface area contributed by atoms with Crippen LogP contribution in [0.2, 0.25) is 0 Å². The molecule has 4 aliphatic rings. The number of hydrogen-bond donors (Lipinski definition) is 0. The Morgan fingerprint density at radius 1 is 0.542 bits per heavy atom. The quantitative estimate of drug-likeness (QED) is 0.455. The van der Waals surface area contributed by atoms with Crippen LogP contribution in [0.3, 0.4) is 0 Å². The molecule has 0 fully saturated rings. The van der Waals surface area contributed by atoms with Crippen LogP contribution in [0.25, 0.3) is 0 Å². The van der Waals surface area contributed by atoms with Crippen LogP contribution in [-0.2, 0) is 0 Å². The van der Waals surface area contributed by atoms with E-state index in [1.165, 1.54) is 21.8 Å². The molecule has 0 aliphatic heterocycles. The van der Waals surface area contributed by atoms with Gasteiger partial charge in [0.25, 0.3) is 0 Å². The van der Waals surface area contributed by atoms with Gasteiger partial charge in [0, 0.05) is 32.6 Å². The largest absolute Gasteiger partial charge is 0.0620 e. The minimum atomic E-state index is 0.573. The molecule has 0 heterocycles. The van der Waals surface area contributed by atoms with Crippen LogP contribution >= 0.6 is 31.9 Å². The van der Waals surface area contributed by atoms with E-state index in [0.29, 0.717) is 23.7 Å². The Morgan fingerprint density at radius 3 is 1.25 bits per heavy atom. The Balaban J connectivity index is 1.53. The van der Waals surface area contributed by atoms with Crippen molar-refractivity contribution in [1.29, 1.82) is 0 Å². The third-order valence-electron chi connectivity index (χ3n) is 6.55. The van der Waals surface area contributed by atoms with E-state index >= 15 is 0 Å². The van der Waals surface area contributed by atoms with Gasteiger partial charge < -0.3 is 0 Å². The van der Waals surface area contributed by atoms with Crippen molar-refractivity contribution in [2.75, 3.05) is 0 Å². The third kappa shape index (κ3) is 1.55. The zero-order valence-corrected chi connectivity index (χ0v) is 16.3. The average Bonchev–Trinajstić information content (AvgIpc) is 3.33. The number of rotatable bonds is 1. The fourth-order valence-electron chi connectivity index (χ4n) is 5.64. The second-order valence-electron chi connectivity index (χ2n) is 7.46. The first-order chi connectivity index (χ1) is 11.8. The summed E-state index contributed by atoms with van der Waals surface area (Å²) >= 11 is 8.01. The predicted octanol–water partition coefficient (Wildman–Crippen LogP) is 6.85. The molecule has 4 aliphatic carbocycles. The van der Waals surface area contributed by atoms with Crippen LogP contribution in [0, 0.1) is 0 Å². The van der Waals surface area contributed by atoms with E-state index < -0.39 is 0 Å². The monoisotopic (exact) mass is 438 g/mol. The molecule has 0 amide bonds. The Morgan fingerprint density at radius 2 is 0.875 bits per heavy atom. The molecule has 2 aromatic carbocycles. The molecule has 0 nitrogen and oxygen atoms in total. The maximum absolute atomic E-state index is 4.01. The molecule has 4 atom stereocenters. The molecule has 2 heteroatoms. The van der Waals surface area contributed by atoms with E-state index in [2.05, 4.69) is 80.4 Å². The third-order valence-corrected chi connectivity index (χ3v) is 8.51. The molecule has 2 aromatic rings. The molecule has 0 spiro atoms. The summed E-state index contributed by atoms with van der Waals surface area (Å²) in [6.45, 7) is 0. The molecule has 24 heavy (non-hydrogen) atoms. The highest BCUT2D eigenvalue weighted by molar-refractivity contribution is 9.12. The normalized spacial score (nSPS) is 31.9. The summed E-state index contributed by atoms with van der Waals surface area (Å²) in [6, 6.07) is 18.1. The second-order valence-corrected chi connectivity index (χ2v) is 9.17. The SMILES string of the molecule is BrC1=C(C2=C(Br)[C@@H]3C[C@H]2c2ccccc23)[C@@H]2C[C@H]1c1ccccc12. The lowest BCUT2D eigenvalue weighted by Gasteiger charge is -2.27. The molecule has 0 aromatic heterocycles. The molecule has 6 rings (SSSR count). The highest BCUT2D eigenvalue weighted by Gasteiger charge is 2.50. The van der Waals surface area contributed by atoms with E-state index in [-0.39, 0.29) is 0 Å². The summed E-state index contributed by atoms with van der Waals surface area (Å²) in [7, 11) is 0. The van der Waals surface area contributed by atoms with E-state index in [4.69, 9.17) is 0 Å². The molecule has 118 valence electrons. The van der Waals surface area contributed by atoms with Gasteiger partial charge >= 0.3 is 0 Å². The lowest BCUT2D eigenvalue weighted by Crippen LogP contribution is -2.10. The summed E-state index contributed by atoms with van der Waals surface area (Å²) in [4.78, 5) is 0. The lowest BCUT2D eigenvalue weighted by atomic mass is 9.80. The number of allylic oxidation sites excluding steroid dienone is 4. The van der Waals surface area contributed by atoms with E-state index in [1.807, 2.05) is 0 Å². The first kappa shape index (κ1) is 14.1. The summed E-state index contributed by atoms with van der Waals surface area (Å²) in [5.74, 6) is 2.30. The van der Waals surface area contributed by atoms with Crippen molar-refractivity contribution in [1.82, 2.24) is 0 Å². The van der Waals surface area contributed by atoms with Gasteiger partial charge in [-0.1, -0.05) is 80.4 Å². The van der Waals surface area contributed by atoms with E-state index in [1.54, 1.807) is 33.4 Å². The fraction of sp³-hybridized carbons (Fsp3) is 0.273. The number of hydrogen-bond acceptors (Lipinski definition) is 0. The van der Waals surface area contributed by atoms with Crippen molar-refractivity contribution in [3.8, 4) is 0 Å². The summed E-state index contributed by atoms with van der Waals surface area (Å²) in [6.07, 6.45) is 2.50. The standard InChI is InChI=1S/C22H16Br2/c23-21-17-9-15(11-5-1-3-7-13(11)17)19(21)20-16-10-18(22(20)24)14-8-4-2-6-12(14)16/h1-8,15-18H,9-10H2/t15-,16+,17+,18-. The molecular formula is C22H16Br2. The van der Waals surface area contributed by atoms with Gasteiger partial charge in [-0.05, 0) is 46.2 Å². The van der Waals surface area contributed by atoms with Crippen molar-refractivity contribution in [2.45, 2.75) is 36.5 Å². The molecule has 0 saturated heterocycles. The maximum atomic E-state index is 4.01. The van der Waals surface area contributed by atoms with Crippen molar-refractivity contribution < 1.29 is 0 Å². The van der Waals surface area contributed by atoms with Crippen molar-refractivity contribution >= 4 is 31.9 Å². The molecule has 0 N–H and O–H groups in total. The Kier molecular flexibility index (Phi) is 2.78. The van der Waals surface area contributed by atoms with Gasteiger partial charge in [0.15, 0.2) is 0 Å². The Labute approximate surface area is 158 Å². The van der Waals surface area contributed by atoms with Crippen LogP contribution in [0.1, 0.15) is 58.8 Å². The zero-order chi connectivity index (χ0) is 16.0. The minimum absolute atomic E-state index is 0.573. The molecule has 0 saturated carbocycles. The van der Waals surface area contributed by atoms with E-state index in [0.717, 1.165) is 0 Å². The Bertz CT molecular complexity index is 886. The van der Waals surface area contributed by atoms with Crippen LogP contribution in [0.4, 0.5) is 0 Å². The number of halogens is 2. The predicted molar refractivity (Wildman–Crippen MR) is 105 cm³/mol. The summed E-state index contributed by atoms with van der Waals surface area (Å²) in [5.41, 5.74) is 9.38. The first-order valence-corrected chi connectivity index (χ1v) is 10.3. The topological polar surface area (TPSA) is 0 Å². The fourth-order valence-corrected chi connectivity index (χ4v) is 7.49. The first-order valence-electron chi connectivity index (χ1n) is 8.73. The van der Waals surface area contributed by atoms with Crippen molar-refractivity contribution in [3.05, 3.63) is 90.9 Å². The van der Waals surface area contributed by atoms with Gasteiger partial charge in [-0.2, -0.15) is 0 Å². The van der Waals surface area contributed by atoms with Crippen LogP contribution in [0.15, 0.2) is 68.6 Å². The smallest absolute Gasteiger partial charge is 0.0171 e. The van der Waals surface area contributed by atoms with Gasteiger partial charge in [0.1, 0.15) is 0 Å².